The van der Waals surface area contributed by atoms with Crippen LogP contribution in [0.15, 0.2) is 36.8 Å². The van der Waals surface area contributed by atoms with Gasteiger partial charge in [0.25, 0.3) is 0 Å². The number of anilines is 1. The summed E-state index contributed by atoms with van der Waals surface area (Å²) in [5.41, 5.74) is 9.79. The highest BCUT2D eigenvalue weighted by atomic mass is 35.5. The molecule has 2 fully saturated rings. The fraction of sp³-hybridized carbons (Fsp3) is 0.423. The average Bonchev–Trinajstić information content (AvgIpc) is 3.32. The molecule has 5 rings (SSSR count). The predicted molar refractivity (Wildman–Crippen MR) is 140 cm³/mol. The van der Waals surface area contributed by atoms with Crippen molar-refractivity contribution in [1.82, 2.24) is 19.7 Å². The summed E-state index contributed by atoms with van der Waals surface area (Å²) in [6, 6.07) is 6.48. The fourth-order valence-electron chi connectivity index (χ4n) is 4.83. The van der Waals surface area contributed by atoms with Gasteiger partial charge in [-0.05, 0) is 50.8 Å². The summed E-state index contributed by atoms with van der Waals surface area (Å²) >= 11 is 12.6. The summed E-state index contributed by atoms with van der Waals surface area (Å²) in [7, 11) is 0. The molecule has 1 aliphatic heterocycles. The average molecular weight is 513 g/mol. The number of ether oxygens (including phenoxy) is 1. The lowest BCUT2D eigenvalue weighted by Gasteiger charge is -2.41. The highest BCUT2D eigenvalue weighted by Crippen LogP contribution is 2.32. The molecule has 2 aliphatic rings. The minimum absolute atomic E-state index is 0.190. The molecule has 7 nitrogen and oxygen atoms in total. The SMILES string of the molecule is Cc1ncc(Cl)c(COc2ccc(N)c(C(=N)c3cnn(C4CCN(C5CCC5)CC4)c3)c2)c1Cl. The van der Waals surface area contributed by atoms with Crippen LogP contribution >= 0.6 is 23.2 Å². The maximum absolute atomic E-state index is 8.80. The Morgan fingerprint density at radius 2 is 1.91 bits per heavy atom. The van der Waals surface area contributed by atoms with Crippen LogP contribution in [-0.2, 0) is 6.61 Å². The molecular formula is C26H30Cl2N6O. The highest BCUT2D eigenvalue weighted by Gasteiger charge is 2.29. The zero-order valence-corrected chi connectivity index (χ0v) is 21.3. The molecule has 0 unspecified atom stereocenters. The number of nitrogen functional groups attached to an aromatic ring is 1. The van der Waals surface area contributed by atoms with Crippen LogP contribution in [0.3, 0.4) is 0 Å². The first-order valence-electron chi connectivity index (χ1n) is 12.1. The van der Waals surface area contributed by atoms with E-state index in [1.807, 2.05) is 17.8 Å². The van der Waals surface area contributed by atoms with Gasteiger partial charge in [-0.15, -0.1) is 0 Å². The van der Waals surface area contributed by atoms with Crippen LogP contribution in [0, 0.1) is 12.3 Å². The molecule has 1 saturated carbocycles. The van der Waals surface area contributed by atoms with E-state index in [0.29, 0.717) is 50.1 Å². The van der Waals surface area contributed by atoms with Crippen LogP contribution in [0.1, 0.15) is 60.5 Å². The number of hydrogen-bond donors (Lipinski definition) is 2. The van der Waals surface area contributed by atoms with Crippen LogP contribution in [0.5, 0.6) is 5.75 Å². The first kappa shape index (κ1) is 24.1. The van der Waals surface area contributed by atoms with Crippen molar-refractivity contribution in [1.29, 1.82) is 5.41 Å². The van der Waals surface area contributed by atoms with Crippen LogP contribution in [0.25, 0.3) is 0 Å². The van der Waals surface area contributed by atoms with Crippen molar-refractivity contribution in [3.63, 3.8) is 0 Å². The van der Waals surface area contributed by atoms with Gasteiger partial charge in [-0.1, -0.05) is 29.6 Å². The molecule has 3 heterocycles. The Morgan fingerprint density at radius 3 is 2.63 bits per heavy atom. The highest BCUT2D eigenvalue weighted by molar-refractivity contribution is 6.36. The molecule has 1 aromatic carbocycles. The van der Waals surface area contributed by atoms with Gasteiger partial charge in [-0.3, -0.25) is 15.1 Å². The summed E-state index contributed by atoms with van der Waals surface area (Å²) in [5, 5.41) is 14.3. The minimum atomic E-state index is 0.190. The van der Waals surface area contributed by atoms with E-state index in [4.69, 9.17) is 39.1 Å². The standard InChI is InChI=1S/C26H30Cl2N6O/c1-16-25(28)22(23(27)13-31-16)15-35-20-5-6-24(29)21(11-20)26(30)17-12-32-34(14-17)19-7-9-33(10-8-19)18-3-2-4-18/h5-6,11-14,18-19,30H,2-4,7-10,15,29H2,1H3. The summed E-state index contributed by atoms with van der Waals surface area (Å²) < 4.78 is 7.98. The lowest BCUT2D eigenvalue weighted by atomic mass is 9.89. The third-order valence-corrected chi connectivity index (χ3v) is 8.10. The number of benzene rings is 1. The van der Waals surface area contributed by atoms with E-state index in [9.17, 15) is 0 Å². The quantitative estimate of drug-likeness (QED) is 0.314. The molecule has 35 heavy (non-hydrogen) atoms. The number of likely N-dealkylation sites (tertiary alicyclic amines) is 1. The Morgan fingerprint density at radius 1 is 1.14 bits per heavy atom. The van der Waals surface area contributed by atoms with E-state index < -0.39 is 0 Å². The third-order valence-electron chi connectivity index (χ3n) is 7.27. The summed E-state index contributed by atoms with van der Waals surface area (Å²) in [5.74, 6) is 0.580. The Hall–Kier alpha value is -2.61. The van der Waals surface area contributed by atoms with Crippen molar-refractivity contribution in [2.75, 3.05) is 18.8 Å². The van der Waals surface area contributed by atoms with Crippen LogP contribution < -0.4 is 10.5 Å². The second-order valence-electron chi connectivity index (χ2n) is 9.46. The molecule has 1 saturated heterocycles. The molecule has 1 aliphatic carbocycles. The molecule has 0 radical (unpaired) electrons. The van der Waals surface area contributed by atoms with Crippen molar-refractivity contribution < 1.29 is 4.74 Å². The van der Waals surface area contributed by atoms with Gasteiger partial charge in [-0.25, -0.2) is 0 Å². The molecule has 184 valence electrons. The Kier molecular flexibility index (Phi) is 7.00. The van der Waals surface area contributed by atoms with Crippen molar-refractivity contribution in [2.24, 2.45) is 0 Å². The molecule has 0 bridgehead atoms. The molecule has 0 spiro atoms. The normalized spacial score (nSPS) is 17.3. The minimum Gasteiger partial charge on any atom is -0.489 e. The van der Waals surface area contributed by atoms with Gasteiger partial charge < -0.3 is 15.4 Å². The maximum Gasteiger partial charge on any atom is 0.120 e. The number of nitrogens with one attached hydrogen (secondary N) is 1. The van der Waals surface area contributed by atoms with Crippen LogP contribution in [0.4, 0.5) is 5.69 Å². The van der Waals surface area contributed by atoms with Gasteiger partial charge in [0, 0.05) is 53.9 Å². The lowest BCUT2D eigenvalue weighted by molar-refractivity contribution is 0.0842. The molecule has 9 heteroatoms. The number of aryl methyl sites for hydroxylation is 1. The monoisotopic (exact) mass is 512 g/mol. The number of nitrogens with zero attached hydrogens (tertiary/aromatic N) is 4. The van der Waals surface area contributed by atoms with Gasteiger partial charge in [0.1, 0.15) is 12.4 Å². The van der Waals surface area contributed by atoms with E-state index in [0.717, 1.165) is 37.5 Å². The lowest BCUT2D eigenvalue weighted by Crippen LogP contribution is -2.45. The number of pyridine rings is 1. The largest absolute Gasteiger partial charge is 0.489 e. The van der Waals surface area contributed by atoms with Gasteiger partial charge in [0.15, 0.2) is 0 Å². The molecule has 0 amide bonds. The number of rotatable bonds is 7. The number of halogens is 2. The number of nitrogens with two attached hydrogens (primary N) is 1. The van der Waals surface area contributed by atoms with E-state index in [-0.39, 0.29) is 6.61 Å². The van der Waals surface area contributed by atoms with Crippen molar-refractivity contribution in [2.45, 2.75) is 57.7 Å². The smallest absolute Gasteiger partial charge is 0.120 e. The van der Waals surface area contributed by atoms with Gasteiger partial charge in [0.05, 0.1) is 33.7 Å². The van der Waals surface area contributed by atoms with Crippen molar-refractivity contribution in [3.8, 4) is 5.75 Å². The maximum atomic E-state index is 8.80. The van der Waals surface area contributed by atoms with Crippen molar-refractivity contribution >= 4 is 34.6 Å². The van der Waals surface area contributed by atoms with E-state index in [2.05, 4.69) is 15.0 Å². The first-order chi connectivity index (χ1) is 16.9. The topological polar surface area (TPSA) is 93.0 Å². The van der Waals surface area contributed by atoms with Crippen molar-refractivity contribution in [3.05, 3.63) is 69.2 Å². The number of hydrogen-bond acceptors (Lipinski definition) is 6. The predicted octanol–water partition coefficient (Wildman–Crippen LogP) is 5.66. The summed E-state index contributed by atoms with van der Waals surface area (Å²) in [4.78, 5) is 6.79. The second kappa shape index (κ2) is 10.2. The van der Waals surface area contributed by atoms with E-state index >= 15 is 0 Å². The fourth-order valence-corrected chi connectivity index (χ4v) is 5.28. The van der Waals surface area contributed by atoms with Gasteiger partial charge in [0.2, 0.25) is 0 Å². The van der Waals surface area contributed by atoms with Crippen LogP contribution in [0.2, 0.25) is 10.0 Å². The Labute approximate surface area is 215 Å². The zero-order valence-electron chi connectivity index (χ0n) is 19.8. The molecular weight excluding hydrogens is 483 g/mol. The molecule has 0 atom stereocenters. The molecule has 3 aromatic rings. The number of piperidine rings is 1. The van der Waals surface area contributed by atoms with Gasteiger partial charge in [-0.2, -0.15) is 5.10 Å². The van der Waals surface area contributed by atoms with Gasteiger partial charge >= 0.3 is 0 Å². The molecule has 2 aromatic heterocycles. The Balaban J connectivity index is 1.27. The van der Waals surface area contributed by atoms with E-state index in [1.165, 1.54) is 19.3 Å². The first-order valence-corrected chi connectivity index (χ1v) is 12.9. The second-order valence-corrected chi connectivity index (χ2v) is 10.2. The number of aromatic nitrogens is 3. The summed E-state index contributed by atoms with van der Waals surface area (Å²) in [6.07, 6.45) is 11.5. The summed E-state index contributed by atoms with van der Waals surface area (Å²) in [6.45, 7) is 4.26. The molecule has 3 N–H and O–H groups in total. The van der Waals surface area contributed by atoms with Crippen LogP contribution in [-0.4, -0.2) is 44.5 Å². The van der Waals surface area contributed by atoms with E-state index in [1.54, 1.807) is 30.6 Å². The Bertz CT molecular complexity index is 1230. The third kappa shape index (κ3) is 5.03. The zero-order chi connectivity index (χ0) is 24.5.